The predicted octanol–water partition coefficient (Wildman–Crippen LogP) is 4.28. The molecule has 0 unspecified atom stereocenters. The summed E-state index contributed by atoms with van der Waals surface area (Å²) in [7, 11) is 0. The fraction of sp³-hybridized carbons (Fsp3) is 0.176. The van der Waals surface area contributed by atoms with Gasteiger partial charge in [0.15, 0.2) is 18.1 Å². The fourth-order valence-electron chi connectivity index (χ4n) is 1.88. The van der Waals surface area contributed by atoms with Crippen molar-refractivity contribution in [3.63, 3.8) is 0 Å². The third-order valence-electron chi connectivity index (χ3n) is 3.06. The Kier molecular flexibility index (Phi) is 7.38. The summed E-state index contributed by atoms with van der Waals surface area (Å²) in [6, 6.07) is 7.97. The van der Waals surface area contributed by atoms with Crippen LogP contribution in [0.3, 0.4) is 0 Å². The van der Waals surface area contributed by atoms with E-state index in [9.17, 15) is 9.90 Å². The van der Waals surface area contributed by atoms with Gasteiger partial charge >= 0.3 is 0 Å². The molecule has 2 aromatic carbocycles. The van der Waals surface area contributed by atoms with Gasteiger partial charge in [0, 0.05) is 11.1 Å². The first-order valence-electron chi connectivity index (χ1n) is 7.46. The number of nitrogens with zero attached hydrogens (tertiary/aromatic N) is 1. The normalized spacial score (nSPS) is 10.8. The second-order valence-corrected chi connectivity index (χ2v) is 6.12. The predicted molar refractivity (Wildman–Crippen MR) is 102 cm³/mol. The van der Waals surface area contributed by atoms with E-state index in [2.05, 4.69) is 10.5 Å². The lowest BCUT2D eigenvalue weighted by atomic mass is 10.2. The maximum atomic E-state index is 11.8. The molecule has 0 bridgehead atoms. The van der Waals surface area contributed by atoms with Crippen LogP contribution in [0.15, 0.2) is 35.4 Å². The van der Waals surface area contributed by atoms with Gasteiger partial charge in [0.2, 0.25) is 0 Å². The van der Waals surface area contributed by atoms with Gasteiger partial charge in [-0.2, -0.15) is 5.10 Å². The third-order valence-corrected chi connectivity index (χ3v) is 4.11. The van der Waals surface area contributed by atoms with Gasteiger partial charge < -0.3 is 14.6 Å². The van der Waals surface area contributed by atoms with Crippen LogP contribution >= 0.6 is 34.8 Å². The molecule has 6 nitrogen and oxygen atoms in total. The summed E-state index contributed by atoms with van der Waals surface area (Å²) >= 11 is 17.8. The van der Waals surface area contributed by atoms with Crippen LogP contribution in [0.4, 0.5) is 0 Å². The molecule has 0 aromatic heterocycles. The van der Waals surface area contributed by atoms with Crippen LogP contribution in [0.2, 0.25) is 15.1 Å². The number of hydrazone groups is 1. The number of rotatable bonds is 7. The summed E-state index contributed by atoms with van der Waals surface area (Å²) < 4.78 is 10.5. The van der Waals surface area contributed by atoms with Crippen molar-refractivity contribution in [1.29, 1.82) is 0 Å². The van der Waals surface area contributed by atoms with Gasteiger partial charge in [-0.15, -0.1) is 0 Å². The number of ether oxygens (including phenoxy) is 2. The van der Waals surface area contributed by atoms with Gasteiger partial charge in [0.05, 0.1) is 28.4 Å². The molecule has 0 aliphatic heterocycles. The molecule has 0 heterocycles. The number of hydrogen-bond donors (Lipinski definition) is 2. The largest absolute Gasteiger partial charge is 0.504 e. The van der Waals surface area contributed by atoms with E-state index < -0.39 is 5.91 Å². The summed E-state index contributed by atoms with van der Waals surface area (Å²) in [6.45, 7) is 1.84. The second kappa shape index (κ2) is 9.52. The molecule has 2 rings (SSSR count). The van der Waals surface area contributed by atoms with Gasteiger partial charge in [-0.25, -0.2) is 5.43 Å². The summed E-state index contributed by atoms with van der Waals surface area (Å²) in [4.78, 5) is 11.8. The molecule has 0 radical (unpaired) electrons. The minimum absolute atomic E-state index is 0.0861. The average molecular weight is 418 g/mol. The van der Waals surface area contributed by atoms with Crippen molar-refractivity contribution in [3.05, 3.63) is 51.0 Å². The summed E-state index contributed by atoms with van der Waals surface area (Å²) in [5.74, 6) is -0.0679. The van der Waals surface area contributed by atoms with Gasteiger partial charge in [0.25, 0.3) is 5.91 Å². The molecule has 0 atom stereocenters. The summed E-state index contributed by atoms with van der Waals surface area (Å²) in [5.41, 5.74) is 2.39. The SMILES string of the molecule is CCOc1cc(Cl)c(Cl)c(/C=N/NC(=O)COc2ccc(Cl)cc2)c1O. The number of amides is 1. The van der Waals surface area contributed by atoms with Crippen molar-refractivity contribution in [2.24, 2.45) is 5.10 Å². The highest BCUT2D eigenvalue weighted by Gasteiger charge is 2.15. The number of aromatic hydroxyl groups is 1. The lowest BCUT2D eigenvalue weighted by molar-refractivity contribution is -0.123. The molecule has 0 aliphatic rings. The first-order chi connectivity index (χ1) is 12.4. The smallest absolute Gasteiger partial charge is 0.277 e. The van der Waals surface area contributed by atoms with Crippen molar-refractivity contribution >= 4 is 46.9 Å². The molecule has 0 fully saturated rings. The first kappa shape index (κ1) is 20.2. The molecule has 2 N–H and O–H groups in total. The quantitative estimate of drug-likeness (QED) is 0.520. The van der Waals surface area contributed by atoms with Gasteiger partial charge in [-0.05, 0) is 31.2 Å². The average Bonchev–Trinajstić information content (AvgIpc) is 2.62. The molecule has 2 aromatic rings. The highest BCUT2D eigenvalue weighted by atomic mass is 35.5. The molecular formula is C17H15Cl3N2O4. The lowest BCUT2D eigenvalue weighted by Crippen LogP contribution is -2.24. The van der Waals surface area contributed by atoms with Crippen molar-refractivity contribution in [3.8, 4) is 17.2 Å². The Morgan fingerprint density at radius 1 is 1.23 bits per heavy atom. The lowest BCUT2D eigenvalue weighted by Gasteiger charge is -2.10. The molecule has 0 saturated carbocycles. The van der Waals surface area contributed by atoms with E-state index in [0.717, 1.165) is 0 Å². The molecule has 0 aliphatic carbocycles. The Hall–Kier alpha value is -2.15. The monoisotopic (exact) mass is 416 g/mol. The molecule has 0 spiro atoms. The minimum Gasteiger partial charge on any atom is -0.504 e. The number of carbonyl (C=O) groups is 1. The maximum Gasteiger partial charge on any atom is 0.277 e. The highest BCUT2D eigenvalue weighted by molar-refractivity contribution is 6.43. The van der Waals surface area contributed by atoms with Crippen LogP contribution in [-0.4, -0.2) is 30.4 Å². The van der Waals surface area contributed by atoms with Gasteiger partial charge in [-0.1, -0.05) is 34.8 Å². The number of nitrogens with one attached hydrogen (secondary N) is 1. The van der Waals surface area contributed by atoms with Crippen molar-refractivity contribution in [2.45, 2.75) is 6.92 Å². The fourth-order valence-corrected chi connectivity index (χ4v) is 2.40. The Morgan fingerprint density at radius 3 is 2.58 bits per heavy atom. The van der Waals surface area contributed by atoms with E-state index in [1.165, 1.54) is 12.3 Å². The number of hydrogen-bond acceptors (Lipinski definition) is 5. The number of phenols is 1. The zero-order valence-electron chi connectivity index (χ0n) is 13.6. The van der Waals surface area contributed by atoms with Crippen molar-refractivity contribution in [2.75, 3.05) is 13.2 Å². The Labute approximate surface area is 165 Å². The molecule has 9 heteroatoms. The third kappa shape index (κ3) is 5.42. The zero-order chi connectivity index (χ0) is 19.1. The van der Waals surface area contributed by atoms with E-state index in [1.807, 2.05) is 0 Å². The van der Waals surface area contributed by atoms with Crippen LogP contribution in [0.5, 0.6) is 17.2 Å². The van der Waals surface area contributed by atoms with E-state index >= 15 is 0 Å². The summed E-state index contributed by atoms with van der Waals surface area (Å²) in [6.07, 6.45) is 1.17. The first-order valence-corrected chi connectivity index (χ1v) is 8.59. The van der Waals surface area contributed by atoms with Crippen LogP contribution in [-0.2, 0) is 4.79 Å². The Balaban J connectivity index is 1.99. The highest BCUT2D eigenvalue weighted by Crippen LogP contribution is 2.39. The van der Waals surface area contributed by atoms with Crippen molar-refractivity contribution < 1.29 is 19.4 Å². The Bertz CT molecular complexity index is 811. The van der Waals surface area contributed by atoms with E-state index in [-0.39, 0.29) is 33.7 Å². The topological polar surface area (TPSA) is 80.2 Å². The zero-order valence-corrected chi connectivity index (χ0v) is 15.9. The molecular weight excluding hydrogens is 403 g/mol. The number of halogens is 3. The van der Waals surface area contributed by atoms with Gasteiger partial charge in [0.1, 0.15) is 5.75 Å². The van der Waals surface area contributed by atoms with Crippen LogP contribution in [0.25, 0.3) is 0 Å². The van der Waals surface area contributed by atoms with Crippen LogP contribution in [0.1, 0.15) is 12.5 Å². The molecule has 0 saturated heterocycles. The van der Waals surface area contributed by atoms with E-state index in [1.54, 1.807) is 31.2 Å². The molecule has 26 heavy (non-hydrogen) atoms. The molecule has 138 valence electrons. The Morgan fingerprint density at radius 2 is 1.92 bits per heavy atom. The van der Waals surface area contributed by atoms with E-state index in [0.29, 0.717) is 17.4 Å². The number of phenolic OH excluding ortho intramolecular Hbond substituents is 1. The standard InChI is InChI=1S/C17H15Cl3N2O4/c1-2-25-14-7-13(19)16(20)12(17(14)24)8-21-22-15(23)9-26-11-5-3-10(18)4-6-11/h3-8,24H,2,9H2,1H3,(H,22,23)/b21-8+. The summed E-state index contributed by atoms with van der Waals surface area (Å²) in [5, 5.41) is 14.7. The van der Waals surface area contributed by atoms with E-state index in [4.69, 9.17) is 44.3 Å². The second-order valence-electron chi connectivity index (χ2n) is 4.90. The van der Waals surface area contributed by atoms with Crippen LogP contribution < -0.4 is 14.9 Å². The number of carbonyl (C=O) groups excluding carboxylic acids is 1. The number of benzene rings is 2. The van der Waals surface area contributed by atoms with Crippen molar-refractivity contribution in [1.82, 2.24) is 5.43 Å². The van der Waals surface area contributed by atoms with Gasteiger partial charge in [-0.3, -0.25) is 4.79 Å². The minimum atomic E-state index is -0.501. The maximum absolute atomic E-state index is 11.8. The van der Waals surface area contributed by atoms with Crippen LogP contribution in [0, 0.1) is 0 Å². The molecule has 1 amide bonds.